The average molecular weight is 320 g/mol. The fraction of sp³-hybridized carbons (Fsp3) is 0.500. The number of carbonyl (C=O) groups excluding carboxylic acids is 1. The third-order valence-electron chi connectivity index (χ3n) is 4.05. The molecule has 0 bridgehead atoms. The molecule has 1 saturated heterocycles. The summed E-state index contributed by atoms with van der Waals surface area (Å²) in [4.78, 5) is 19.0. The molecule has 0 aliphatic carbocycles. The number of thiazole rings is 1. The minimum absolute atomic E-state index is 0.143. The Kier molecular flexibility index (Phi) is 4.90. The van der Waals surface area contributed by atoms with E-state index in [1.807, 2.05) is 16.3 Å². The Morgan fingerprint density at radius 2 is 2.45 bits per heavy atom. The van der Waals surface area contributed by atoms with Crippen LogP contribution < -0.4 is 0 Å². The average Bonchev–Trinajstić information content (AvgIpc) is 3.25. The SMILES string of the molecule is O=C(Cc1csc(-c2ccoc2)n1)N1CCCC1CCCO. The minimum atomic E-state index is 0.143. The third kappa shape index (κ3) is 3.39. The second-order valence-corrected chi connectivity index (χ2v) is 6.44. The lowest BCUT2D eigenvalue weighted by atomic mass is 10.1. The summed E-state index contributed by atoms with van der Waals surface area (Å²) in [6.45, 7) is 1.02. The molecule has 2 aromatic rings. The lowest BCUT2D eigenvalue weighted by molar-refractivity contribution is -0.131. The molecular formula is C16H20N2O3S. The number of nitrogens with zero attached hydrogens (tertiary/aromatic N) is 2. The van der Waals surface area contributed by atoms with E-state index in [-0.39, 0.29) is 18.6 Å². The van der Waals surface area contributed by atoms with Gasteiger partial charge in [0.1, 0.15) is 11.3 Å². The van der Waals surface area contributed by atoms with E-state index in [4.69, 9.17) is 9.52 Å². The molecule has 1 aliphatic rings. The van der Waals surface area contributed by atoms with E-state index in [1.54, 1.807) is 12.5 Å². The normalized spacial score (nSPS) is 18.0. The van der Waals surface area contributed by atoms with Crippen molar-refractivity contribution in [1.29, 1.82) is 0 Å². The number of hydrogen-bond acceptors (Lipinski definition) is 5. The molecule has 5 nitrogen and oxygen atoms in total. The molecular weight excluding hydrogens is 300 g/mol. The van der Waals surface area contributed by atoms with E-state index in [0.29, 0.717) is 6.42 Å². The maximum atomic E-state index is 12.5. The summed E-state index contributed by atoms with van der Waals surface area (Å²) in [6, 6.07) is 2.15. The predicted molar refractivity (Wildman–Crippen MR) is 84.6 cm³/mol. The van der Waals surface area contributed by atoms with Crippen LogP contribution in [0, 0.1) is 0 Å². The number of hydrogen-bond donors (Lipinski definition) is 1. The summed E-state index contributed by atoms with van der Waals surface area (Å²) >= 11 is 1.53. The van der Waals surface area contributed by atoms with Crippen LogP contribution in [0.2, 0.25) is 0 Å². The predicted octanol–water partition coefficient (Wildman–Crippen LogP) is 2.71. The molecule has 0 spiro atoms. The highest BCUT2D eigenvalue weighted by molar-refractivity contribution is 7.13. The van der Waals surface area contributed by atoms with E-state index < -0.39 is 0 Å². The van der Waals surface area contributed by atoms with Crippen molar-refractivity contribution in [2.75, 3.05) is 13.2 Å². The Morgan fingerprint density at radius 1 is 1.55 bits per heavy atom. The van der Waals surface area contributed by atoms with Crippen LogP contribution in [0.15, 0.2) is 28.4 Å². The molecule has 1 N–H and O–H groups in total. The van der Waals surface area contributed by atoms with Crippen molar-refractivity contribution < 1.29 is 14.3 Å². The monoisotopic (exact) mass is 320 g/mol. The second kappa shape index (κ2) is 7.07. The lowest BCUT2D eigenvalue weighted by Crippen LogP contribution is -2.36. The van der Waals surface area contributed by atoms with Crippen LogP contribution in [0.25, 0.3) is 10.6 Å². The summed E-state index contributed by atoms with van der Waals surface area (Å²) < 4.78 is 5.06. The molecule has 3 rings (SSSR count). The largest absolute Gasteiger partial charge is 0.472 e. The maximum Gasteiger partial charge on any atom is 0.228 e. The first-order chi connectivity index (χ1) is 10.8. The highest BCUT2D eigenvalue weighted by Crippen LogP contribution is 2.26. The molecule has 0 radical (unpaired) electrons. The Hall–Kier alpha value is -1.66. The molecule has 0 aromatic carbocycles. The first kappa shape index (κ1) is 15.2. The third-order valence-corrected chi connectivity index (χ3v) is 4.99. The summed E-state index contributed by atoms with van der Waals surface area (Å²) in [5.41, 5.74) is 1.77. The minimum Gasteiger partial charge on any atom is -0.472 e. The van der Waals surface area contributed by atoms with Crippen molar-refractivity contribution in [3.8, 4) is 10.6 Å². The van der Waals surface area contributed by atoms with Crippen LogP contribution in [-0.2, 0) is 11.2 Å². The van der Waals surface area contributed by atoms with Gasteiger partial charge in [-0.25, -0.2) is 4.98 Å². The van der Waals surface area contributed by atoms with Gasteiger partial charge in [-0.1, -0.05) is 0 Å². The van der Waals surface area contributed by atoms with Crippen molar-refractivity contribution in [1.82, 2.24) is 9.88 Å². The van der Waals surface area contributed by atoms with E-state index >= 15 is 0 Å². The number of rotatable bonds is 6. The van der Waals surface area contributed by atoms with Crippen molar-refractivity contribution >= 4 is 17.2 Å². The molecule has 6 heteroatoms. The van der Waals surface area contributed by atoms with Gasteiger partial charge in [0.25, 0.3) is 0 Å². The van der Waals surface area contributed by atoms with Gasteiger partial charge in [0.15, 0.2) is 0 Å². The molecule has 2 aromatic heterocycles. The standard InChI is InChI=1S/C16H20N2O3S/c19-7-2-4-14-3-1-6-18(14)15(20)9-13-11-22-16(17-13)12-5-8-21-10-12/h5,8,10-11,14,19H,1-4,6-7,9H2. The lowest BCUT2D eigenvalue weighted by Gasteiger charge is -2.24. The Labute approximate surface area is 133 Å². The summed E-state index contributed by atoms with van der Waals surface area (Å²) in [6.07, 6.45) is 7.38. The number of likely N-dealkylation sites (tertiary alicyclic amines) is 1. The summed E-state index contributed by atoms with van der Waals surface area (Å²) in [5, 5.41) is 11.8. The van der Waals surface area contributed by atoms with Gasteiger partial charge in [0, 0.05) is 30.1 Å². The fourth-order valence-corrected chi connectivity index (χ4v) is 3.76. The number of aliphatic hydroxyl groups excluding tert-OH is 1. The van der Waals surface area contributed by atoms with Gasteiger partial charge < -0.3 is 14.4 Å². The van der Waals surface area contributed by atoms with Gasteiger partial charge >= 0.3 is 0 Å². The molecule has 22 heavy (non-hydrogen) atoms. The van der Waals surface area contributed by atoms with Crippen LogP contribution in [0.3, 0.4) is 0 Å². The van der Waals surface area contributed by atoms with E-state index in [1.165, 1.54) is 11.3 Å². The van der Waals surface area contributed by atoms with Crippen molar-refractivity contribution in [2.45, 2.75) is 38.1 Å². The molecule has 0 saturated carbocycles. The molecule has 1 unspecified atom stereocenters. The molecule has 1 amide bonds. The number of furan rings is 1. The zero-order chi connectivity index (χ0) is 15.4. The number of amides is 1. The van der Waals surface area contributed by atoms with Crippen molar-refractivity contribution in [3.63, 3.8) is 0 Å². The topological polar surface area (TPSA) is 66.6 Å². The van der Waals surface area contributed by atoms with E-state index in [2.05, 4.69) is 4.98 Å². The zero-order valence-electron chi connectivity index (χ0n) is 12.4. The Morgan fingerprint density at radius 3 is 3.23 bits per heavy atom. The Bertz CT molecular complexity index is 609. The van der Waals surface area contributed by atoms with Gasteiger partial charge in [0.2, 0.25) is 5.91 Å². The second-order valence-electron chi connectivity index (χ2n) is 5.58. The maximum absolute atomic E-state index is 12.5. The smallest absolute Gasteiger partial charge is 0.228 e. The zero-order valence-corrected chi connectivity index (χ0v) is 13.2. The number of aliphatic hydroxyl groups is 1. The van der Waals surface area contributed by atoms with Gasteiger partial charge in [-0.05, 0) is 31.7 Å². The van der Waals surface area contributed by atoms with Crippen LogP contribution >= 0.6 is 11.3 Å². The first-order valence-corrected chi connectivity index (χ1v) is 8.53. The van der Waals surface area contributed by atoms with Crippen molar-refractivity contribution in [3.05, 3.63) is 29.7 Å². The van der Waals surface area contributed by atoms with Crippen LogP contribution in [-0.4, -0.2) is 40.1 Å². The quantitative estimate of drug-likeness (QED) is 0.888. The number of aromatic nitrogens is 1. The van der Waals surface area contributed by atoms with Gasteiger partial charge in [0.05, 0.1) is 18.4 Å². The molecule has 118 valence electrons. The molecule has 1 aliphatic heterocycles. The number of carbonyl (C=O) groups is 1. The van der Waals surface area contributed by atoms with E-state index in [0.717, 1.165) is 48.5 Å². The highest BCUT2D eigenvalue weighted by atomic mass is 32.1. The summed E-state index contributed by atoms with van der Waals surface area (Å²) in [5.74, 6) is 0.143. The first-order valence-electron chi connectivity index (χ1n) is 7.65. The molecule has 1 fully saturated rings. The highest BCUT2D eigenvalue weighted by Gasteiger charge is 2.28. The van der Waals surface area contributed by atoms with Crippen LogP contribution in [0.4, 0.5) is 0 Å². The van der Waals surface area contributed by atoms with Crippen LogP contribution in [0.5, 0.6) is 0 Å². The molecule has 3 heterocycles. The fourth-order valence-electron chi connectivity index (χ4n) is 2.95. The van der Waals surface area contributed by atoms with Crippen molar-refractivity contribution in [2.24, 2.45) is 0 Å². The van der Waals surface area contributed by atoms with Gasteiger partial charge in [-0.2, -0.15) is 0 Å². The van der Waals surface area contributed by atoms with E-state index in [9.17, 15) is 4.79 Å². The Balaban J connectivity index is 1.61. The van der Waals surface area contributed by atoms with Crippen LogP contribution in [0.1, 0.15) is 31.4 Å². The summed E-state index contributed by atoms with van der Waals surface area (Å²) in [7, 11) is 0. The van der Waals surface area contributed by atoms with Gasteiger partial charge in [-0.3, -0.25) is 4.79 Å². The van der Waals surface area contributed by atoms with Gasteiger partial charge in [-0.15, -0.1) is 11.3 Å². The molecule has 1 atom stereocenters.